The average molecular weight is 343 g/mol. The summed E-state index contributed by atoms with van der Waals surface area (Å²) in [7, 11) is 0. The van der Waals surface area contributed by atoms with Crippen LogP contribution in [0.15, 0.2) is 77.2 Å². The molecule has 0 spiro atoms. The van der Waals surface area contributed by atoms with Gasteiger partial charge >= 0.3 is 0 Å². The molecule has 0 aliphatic heterocycles. The maximum atomic E-state index is 6.50. The Morgan fingerprint density at radius 2 is 1.81 bits per heavy atom. The molecular weight excluding hydrogens is 322 g/mol. The number of aryl methyl sites for hydroxylation is 1. The first kappa shape index (κ1) is 16.4. The second-order valence-corrected chi connectivity index (χ2v) is 6.36. The molecule has 0 saturated carbocycles. The van der Waals surface area contributed by atoms with Crippen LogP contribution >= 0.6 is 0 Å². The zero-order valence-corrected chi connectivity index (χ0v) is 14.6. The van der Waals surface area contributed by atoms with Crippen LogP contribution < -0.4 is 11.1 Å². The van der Waals surface area contributed by atoms with Gasteiger partial charge in [0.05, 0.1) is 18.1 Å². The monoisotopic (exact) mass is 343 g/mol. The van der Waals surface area contributed by atoms with Crippen molar-refractivity contribution in [3.8, 4) is 0 Å². The van der Waals surface area contributed by atoms with Crippen LogP contribution in [0.5, 0.6) is 0 Å². The number of benzene rings is 2. The van der Waals surface area contributed by atoms with Crippen LogP contribution in [-0.2, 0) is 6.54 Å². The summed E-state index contributed by atoms with van der Waals surface area (Å²) >= 11 is 0. The number of hydrogen-bond acceptors (Lipinski definition) is 4. The highest BCUT2D eigenvalue weighted by molar-refractivity contribution is 5.84. The van der Waals surface area contributed by atoms with E-state index in [0.717, 1.165) is 39.4 Å². The predicted molar refractivity (Wildman–Crippen MR) is 105 cm³/mol. The quantitative estimate of drug-likeness (QED) is 0.546. The Bertz CT molecular complexity index is 1020. The molecule has 1 unspecified atom stereocenters. The Morgan fingerprint density at radius 3 is 2.58 bits per heavy atom. The number of anilines is 1. The minimum absolute atomic E-state index is 0.174. The first-order valence-electron chi connectivity index (χ1n) is 8.70. The van der Waals surface area contributed by atoms with Crippen molar-refractivity contribution in [1.82, 2.24) is 4.98 Å². The number of furan rings is 1. The van der Waals surface area contributed by atoms with Crippen molar-refractivity contribution in [2.75, 3.05) is 5.32 Å². The standard InChI is InChI=1S/C22H21N3O/c1-15-10-11-17(26-15)14-24-21-13-12-18-19(8-5-9-20(18)25-21)22(23)16-6-3-2-4-7-16/h2-13,22H,14,23H2,1H3,(H,24,25). The minimum atomic E-state index is -0.174. The fourth-order valence-corrected chi connectivity index (χ4v) is 3.15. The number of nitrogens with zero attached hydrogens (tertiary/aromatic N) is 1. The first-order valence-corrected chi connectivity index (χ1v) is 8.70. The van der Waals surface area contributed by atoms with Gasteiger partial charge in [0.2, 0.25) is 0 Å². The maximum absolute atomic E-state index is 6.50. The summed E-state index contributed by atoms with van der Waals surface area (Å²) in [5.41, 5.74) is 9.60. The molecule has 0 aliphatic rings. The fourth-order valence-electron chi connectivity index (χ4n) is 3.15. The molecule has 2 aromatic heterocycles. The molecule has 2 aromatic carbocycles. The van der Waals surface area contributed by atoms with Crippen LogP contribution in [-0.4, -0.2) is 4.98 Å². The Hall–Kier alpha value is -3.11. The molecule has 0 amide bonds. The number of rotatable bonds is 5. The molecular formula is C22H21N3O. The summed E-state index contributed by atoms with van der Waals surface area (Å²) in [5.74, 6) is 2.62. The van der Waals surface area contributed by atoms with Gasteiger partial charge in [-0.3, -0.25) is 0 Å². The van der Waals surface area contributed by atoms with Gasteiger partial charge in [0.1, 0.15) is 17.3 Å². The molecule has 0 saturated heterocycles. The molecule has 4 nitrogen and oxygen atoms in total. The second kappa shape index (κ2) is 7.02. The van der Waals surface area contributed by atoms with E-state index in [9.17, 15) is 0 Å². The number of aromatic nitrogens is 1. The summed E-state index contributed by atoms with van der Waals surface area (Å²) in [6.45, 7) is 2.55. The summed E-state index contributed by atoms with van der Waals surface area (Å²) in [6.07, 6.45) is 0. The van der Waals surface area contributed by atoms with Crippen molar-refractivity contribution in [3.63, 3.8) is 0 Å². The van der Waals surface area contributed by atoms with Crippen molar-refractivity contribution >= 4 is 16.7 Å². The SMILES string of the molecule is Cc1ccc(CNc2ccc3c(C(N)c4ccccc4)cccc3n2)o1. The normalized spacial score (nSPS) is 12.2. The summed E-state index contributed by atoms with van der Waals surface area (Å²) < 4.78 is 5.59. The zero-order chi connectivity index (χ0) is 17.9. The number of hydrogen-bond donors (Lipinski definition) is 2. The third kappa shape index (κ3) is 3.32. The van der Waals surface area contributed by atoms with Crippen molar-refractivity contribution in [3.05, 3.63) is 95.4 Å². The maximum Gasteiger partial charge on any atom is 0.127 e. The van der Waals surface area contributed by atoms with Crippen LogP contribution in [0.3, 0.4) is 0 Å². The van der Waals surface area contributed by atoms with E-state index in [1.807, 2.05) is 55.5 Å². The number of nitrogens with one attached hydrogen (secondary N) is 1. The van der Waals surface area contributed by atoms with Gasteiger partial charge in [-0.15, -0.1) is 0 Å². The Labute approximate surface area is 152 Å². The Kier molecular flexibility index (Phi) is 4.42. The average Bonchev–Trinajstić information content (AvgIpc) is 3.11. The minimum Gasteiger partial charge on any atom is -0.465 e. The lowest BCUT2D eigenvalue weighted by Crippen LogP contribution is -2.12. The number of fused-ring (bicyclic) bond motifs is 1. The molecule has 4 rings (SSSR count). The van der Waals surface area contributed by atoms with Crippen molar-refractivity contribution in [2.24, 2.45) is 5.73 Å². The summed E-state index contributed by atoms with van der Waals surface area (Å²) in [4.78, 5) is 4.73. The highest BCUT2D eigenvalue weighted by Crippen LogP contribution is 2.27. The molecule has 0 radical (unpaired) electrons. The van der Waals surface area contributed by atoms with E-state index >= 15 is 0 Å². The third-order valence-corrected chi connectivity index (χ3v) is 4.50. The van der Waals surface area contributed by atoms with Gasteiger partial charge < -0.3 is 15.5 Å². The molecule has 4 aromatic rings. The van der Waals surface area contributed by atoms with Crippen LogP contribution in [0.2, 0.25) is 0 Å². The first-order chi connectivity index (χ1) is 12.7. The van der Waals surface area contributed by atoms with Gasteiger partial charge in [-0.1, -0.05) is 42.5 Å². The molecule has 26 heavy (non-hydrogen) atoms. The largest absolute Gasteiger partial charge is 0.465 e. The molecule has 0 fully saturated rings. The van der Waals surface area contributed by atoms with Gasteiger partial charge in [-0.2, -0.15) is 0 Å². The molecule has 0 aliphatic carbocycles. The lowest BCUT2D eigenvalue weighted by atomic mass is 9.96. The van der Waals surface area contributed by atoms with Gasteiger partial charge in [0.25, 0.3) is 0 Å². The Morgan fingerprint density at radius 1 is 0.962 bits per heavy atom. The van der Waals surface area contributed by atoms with E-state index in [4.69, 9.17) is 15.1 Å². The molecule has 1 atom stereocenters. The molecule has 3 N–H and O–H groups in total. The van der Waals surface area contributed by atoms with E-state index < -0.39 is 0 Å². The van der Waals surface area contributed by atoms with E-state index in [0.29, 0.717) is 6.54 Å². The van der Waals surface area contributed by atoms with Crippen LogP contribution in [0.1, 0.15) is 28.7 Å². The zero-order valence-electron chi connectivity index (χ0n) is 14.6. The van der Waals surface area contributed by atoms with Crippen LogP contribution in [0, 0.1) is 6.92 Å². The van der Waals surface area contributed by atoms with Gasteiger partial charge in [0, 0.05) is 5.39 Å². The van der Waals surface area contributed by atoms with Gasteiger partial charge in [-0.25, -0.2) is 4.98 Å². The van der Waals surface area contributed by atoms with E-state index in [1.165, 1.54) is 0 Å². The van der Waals surface area contributed by atoms with Crippen LogP contribution in [0.25, 0.3) is 10.9 Å². The van der Waals surface area contributed by atoms with Gasteiger partial charge in [0.15, 0.2) is 0 Å². The summed E-state index contributed by atoms with van der Waals surface area (Å²) in [6, 6.07) is 24.0. The lowest BCUT2D eigenvalue weighted by Gasteiger charge is -2.15. The fraction of sp³-hybridized carbons (Fsp3) is 0.136. The topological polar surface area (TPSA) is 64.1 Å². The second-order valence-electron chi connectivity index (χ2n) is 6.36. The van der Waals surface area contributed by atoms with Crippen LogP contribution in [0.4, 0.5) is 5.82 Å². The van der Waals surface area contributed by atoms with E-state index in [-0.39, 0.29) is 6.04 Å². The lowest BCUT2D eigenvalue weighted by molar-refractivity contribution is 0.490. The highest BCUT2D eigenvalue weighted by Gasteiger charge is 2.12. The summed E-state index contributed by atoms with van der Waals surface area (Å²) in [5, 5.41) is 4.38. The molecule has 2 heterocycles. The number of nitrogens with two attached hydrogens (primary N) is 1. The predicted octanol–water partition coefficient (Wildman–Crippen LogP) is 4.80. The highest BCUT2D eigenvalue weighted by atomic mass is 16.3. The van der Waals surface area contributed by atoms with Crippen molar-refractivity contribution in [2.45, 2.75) is 19.5 Å². The molecule has 130 valence electrons. The molecule has 0 bridgehead atoms. The van der Waals surface area contributed by atoms with Gasteiger partial charge in [-0.05, 0) is 48.4 Å². The Balaban J connectivity index is 1.61. The van der Waals surface area contributed by atoms with Crippen molar-refractivity contribution in [1.29, 1.82) is 0 Å². The van der Waals surface area contributed by atoms with Crippen molar-refractivity contribution < 1.29 is 4.42 Å². The van der Waals surface area contributed by atoms with E-state index in [1.54, 1.807) is 0 Å². The third-order valence-electron chi connectivity index (χ3n) is 4.50. The number of pyridine rings is 1. The van der Waals surface area contributed by atoms with E-state index in [2.05, 4.69) is 29.6 Å². The smallest absolute Gasteiger partial charge is 0.127 e. The molecule has 4 heteroatoms.